The first-order valence-corrected chi connectivity index (χ1v) is 9.94. The second-order valence-electron chi connectivity index (χ2n) is 7.43. The van der Waals surface area contributed by atoms with Gasteiger partial charge in [0.05, 0.1) is 17.2 Å². The lowest BCUT2D eigenvalue weighted by atomic mass is 9.96. The van der Waals surface area contributed by atoms with Crippen LogP contribution in [0.5, 0.6) is 0 Å². The highest BCUT2D eigenvalue weighted by Crippen LogP contribution is 2.23. The summed E-state index contributed by atoms with van der Waals surface area (Å²) >= 11 is 0. The molecule has 0 bridgehead atoms. The van der Waals surface area contributed by atoms with E-state index in [9.17, 15) is 31.9 Å². The number of alkyl halides is 3. The highest BCUT2D eigenvalue weighted by Gasteiger charge is 2.31. The van der Waals surface area contributed by atoms with E-state index in [1.165, 1.54) is 47.4 Å². The van der Waals surface area contributed by atoms with Gasteiger partial charge >= 0.3 is 6.18 Å². The van der Waals surface area contributed by atoms with E-state index in [1.54, 1.807) is 11.4 Å². The molecule has 6 nitrogen and oxygen atoms in total. The van der Waals surface area contributed by atoms with Gasteiger partial charge in [-0.3, -0.25) is 14.4 Å². The summed E-state index contributed by atoms with van der Waals surface area (Å²) in [5.41, 5.74) is 0.290. The Morgan fingerprint density at radius 2 is 1.72 bits per heavy atom. The fraction of sp³-hybridized carbons (Fsp3) is 0.318. The SMILES string of the molecule is O=C(NCC(F)(F)F)c1ccccc1NC(=O)[C@@H]1CCCN(C(=O)c2ccc(F)cc2)C1. The van der Waals surface area contributed by atoms with Gasteiger partial charge in [-0.25, -0.2) is 4.39 Å². The Labute approximate surface area is 181 Å². The predicted molar refractivity (Wildman–Crippen MR) is 108 cm³/mol. The number of benzene rings is 2. The normalized spacial score (nSPS) is 16.4. The summed E-state index contributed by atoms with van der Waals surface area (Å²) in [7, 11) is 0. The number of hydrogen-bond donors (Lipinski definition) is 2. The fourth-order valence-electron chi connectivity index (χ4n) is 3.45. The third-order valence-corrected chi connectivity index (χ3v) is 5.05. The molecule has 1 fully saturated rings. The molecule has 3 rings (SSSR count). The number of halogens is 4. The molecule has 0 radical (unpaired) electrons. The maximum atomic E-state index is 13.1. The maximum Gasteiger partial charge on any atom is 0.405 e. The second-order valence-corrected chi connectivity index (χ2v) is 7.43. The van der Waals surface area contributed by atoms with Gasteiger partial charge in [-0.05, 0) is 49.2 Å². The minimum Gasteiger partial charge on any atom is -0.343 e. The Balaban J connectivity index is 1.66. The van der Waals surface area contributed by atoms with Crippen LogP contribution in [-0.4, -0.2) is 48.4 Å². The number of piperidine rings is 1. The number of amides is 3. The van der Waals surface area contributed by atoms with Crippen molar-refractivity contribution in [3.05, 3.63) is 65.5 Å². The summed E-state index contributed by atoms with van der Waals surface area (Å²) in [6, 6.07) is 10.9. The van der Waals surface area contributed by atoms with Crippen molar-refractivity contribution >= 4 is 23.4 Å². The molecule has 1 saturated heterocycles. The average Bonchev–Trinajstić information content (AvgIpc) is 2.77. The summed E-state index contributed by atoms with van der Waals surface area (Å²) < 4.78 is 50.3. The Kier molecular flexibility index (Phi) is 7.12. The van der Waals surface area contributed by atoms with Gasteiger partial charge in [0.1, 0.15) is 12.4 Å². The Morgan fingerprint density at radius 3 is 2.41 bits per heavy atom. The van der Waals surface area contributed by atoms with Gasteiger partial charge in [0, 0.05) is 18.7 Å². The number of likely N-dealkylation sites (tertiary alicyclic amines) is 1. The third kappa shape index (κ3) is 6.05. The first kappa shape index (κ1) is 23.2. The van der Waals surface area contributed by atoms with E-state index in [2.05, 4.69) is 5.32 Å². The molecule has 1 atom stereocenters. The molecule has 1 aliphatic heterocycles. The van der Waals surface area contributed by atoms with E-state index in [0.29, 0.717) is 24.9 Å². The number of carbonyl (C=O) groups excluding carboxylic acids is 3. The van der Waals surface area contributed by atoms with Crippen molar-refractivity contribution in [3.63, 3.8) is 0 Å². The summed E-state index contributed by atoms with van der Waals surface area (Å²) in [4.78, 5) is 39.1. The van der Waals surface area contributed by atoms with Crippen LogP contribution in [0.3, 0.4) is 0 Å². The lowest BCUT2D eigenvalue weighted by Gasteiger charge is -2.32. The highest BCUT2D eigenvalue weighted by atomic mass is 19.4. The zero-order valence-corrected chi connectivity index (χ0v) is 16.9. The smallest absolute Gasteiger partial charge is 0.343 e. The Morgan fingerprint density at radius 1 is 1.03 bits per heavy atom. The topological polar surface area (TPSA) is 78.5 Å². The van der Waals surface area contributed by atoms with Gasteiger partial charge in [0.2, 0.25) is 5.91 Å². The van der Waals surface area contributed by atoms with E-state index in [0.717, 1.165) is 0 Å². The average molecular weight is 451 g/mol. The summed E-state index contributed by atoms with van der Waals surface area (Å²) in [5.74, 6) is -2.77. The van der Waals surface area contributed by atoms with E-state index in [-0.39, 0.29) is 23.7 Å². The number of nitrogens with zero attached hydrogens (tertiary/aromatic N) is 1. The molecule has 32 heavy (non-hydrogen) atoms. The number of nitrogens with one attached hydrogen (secondary N) is 2. The lowest BCUT2D eigenvalue weighted by Crippen LogP contribution is -2.44. The molecule has 3 amide bonds. The fourth-order valence-corrected chi connectivity index (χ4v) is 3.45. The molecule has 0 spiro atoms. The van der Waals surface area contributed by atoms with E-state index < -0.39 is 36.3 Å². The Bertz CT molecular complexity index is 993. The van der Waals surface area contributed by atoms with Crippen LogP contribution in [0.25, 0.3) is 0 Å². The van der Waals surface area contributed by atoms with Crippen molar-refractivity contribution in [2.45, 2.75) is 19.0 Å². The molecule has 0 unspecified atom stereocenters. The van der Waals surface area contributed by atoms with Gasteiger partial charge in [-0.2, -0.15) is 13.2 Å². The Hall–Kier alpha value is -3.43. The van der Waals surface area contributed by atoms with Crippen LogP contribution in [0.1, 0.15) is 33.6 Å². The third-order valence-electron chi connectivity index (χ3n) is 5.05. The quantitative estimate of drug-likeness (QED) is 0.682. The lowest BCUT2D eigenvalue weighted by molar-refractivity contribution is -0.123. The summed E-state index contributed by atoms with van der Waals surface area (Å²) in [6.07, 6.45) is -3.49. The van der Waals surface area contributed by atoms with Crippen LogP contribution < -0.4 is 10.6 Å². The summed E-state index contributed by atoms with van der Waals surface area (Å²) in [6.45, 7) is -0.919. The first-order chi connectivity index (χ1) is 15.1. The molecule has 10 heteroatoms. The maximum absolute atomic E-state index is 13.1. The van der Waals surface area contributed by atoms with E-state index in [1.807, 2.05) is 0 Å². The molecule has 0 aromatic heterocycles. The van der Waals surface area contributed by atoms with Gasteiger partial charge in [-0.1, -0.05) is 12.1 Å². The molecule has 2 N–H and O–H groups in total. The minimum atomic E-state index is -4.56. The number of anilines is 1. The van der Waals surface area contributed by atoms with Crippen LogP contribution in [-0.2, 0) is 4.79 Å². The van der Waals surface area contributed by atoms with Crippen molar-refractivity contribution in [2.24, 2.45) is 5.92 Å². The molecule has 2 aromatic carbocycles. The second kappa shape index (κ2) is 9.80. The molecule has 1 heterocycles. The van der Waals surface area contributed by atoms with E-state index in [4.69, 9.17) is 0 Å². The number of para-hydroxylation sites is 1. The molecule has 1 aliphatic rings. The van der Waals surface area contributed by atoms with Gasteiger partial charge in [-0.15, -0.1) is 0 Å². The predicted octanol–water partition coefficient (Wildman–Crippen LogP) is 3.61. The van der Waals surface area contributed by atoms with Gasteiger partial charge < -0.3 is 15.5 Å². The van der Waals surface area contributed by atoms with Crippen LogP contribution in [0.4, 0.5) is 23.2 Å². The van der Waals surface area contributed by atoms with Crippen molar-refractivity contribution < 1.29 is 31.9 Å². The van der Waals surface area contributed by atoms with Crippen LogP contribution in [0.2, 0.25) is 0 Å². The summed E-state index contributed by atoms with van der Waals surface area (Å²) in [5, 5.41) is 4.38. The molecular formula is C22H21F4N3O3. The van der Waals surface area contributed by atoms with Crippen molar-refractivity contribution in [1.82, 2.24) is 10.2 Å². The monoisotopic (exact) mass is 451 g/mol. The molecule has 0 saturated carbocycles. The van der Waals surface area contributed by atoms with Gasteiger partial charge in [0.25, 0.3) is 11.8 Å². The van der Waals surface area contributed by atoms with Crippen molar-refractivity contribution in [2.75, 3.05) is 25.0 Å². The number of carbonyl (C=O) groups is 3. The number of hydrogen-bond acceptors (Lipinski definition) is 3. The largest absolute Gasteiger partial charge is 0.405 e. The van der Waals surface area contributed by atoms with Crippen LogP contribution in [0.15, 0.2) is 48.5 Å². The zero-order valence-electron chi connectivity index (χ0n) is 16.9. The zero-order chi connectivity index (χ0) is 23.3. The standard InChI is InChI=1S/C22H21F4N3O3/c23-16-9-7-14(8-10-16)21(32)29-11-3-4-15(12-29)19(30)28-18-6-2-1-5-17(18)20(31)27-13-22(24,25)26/h1-2,5-10,15H,3-4,11-13H2,(H,27,31)(H,28,30)/t15-/m1/s1. The van der Waals surface area contributed by atoms with Gasteiger partial charge in [0.15, 0.2) is 0 Å². The van der Waals surface area contributed by atoms with Crippen molar-refractivity contribution in [3.8, 4) is 0 Å². The highest BCUT2D eigenvalue weighted by molar-refractivity contribution is 6.04. The van der Waals surface area contributed by atoms with E-state index >= 15 is 0 Å². The first-order valence-electron chi connectivity index (χ1n) is 9.94. The minimum absolute atomic E-state index is 0.0826. The number of rotatable bonds is 5. The molecule has 170 valence electrons. The molecule has 2 aromatic rings. The molecule has 0 aliphatic carbocycles. The molecular weight excluding hydrogens is 430 g/mol. The van der Waals surface area contributed by atoms with Crippen molar-refractivity contribution in [1.29, 1.82) is 0 Å². The van der Waals surface area contributed by atoms with Crippen LogP contribution >= 0.6 is 0 Å². The van der Waals surface area contributed by atoms with Crippen LogP contribution in [0, 0.1) is 11.7 Å².